The molecule has 2 aliphatic rings. The predicted molar refractivity (Wildman–Crippen MR) is 85.0 cm³/mol. The van der Waals surface area contributed by atoms with E-state index in [2.05, 4.69) is 18.7 Å². The maximum absolute atomic E-state index is 5.92. The quantitative estimate of drug-likeness (QED) is 0.760. The molecule has 1 saturated carbocycles. The van der Waals surface area contributed by atoms with Gasteiger partial charge in [-0.05, 0) is 44.9 Å². The van der Waals surface area contributed by atoms with Gasteiger partial charge in [0.05, 0.1) is 0 Å². The lowest BCUT2D eigenvalue weighted by molar-refractivity contribution is -0.0491. The Labute approximate surface area is 116 Å². The van der Waals surface area contributed by atoms with Gasteiger partial charge in [0, 0.05) is 25.2 Å². The van der Waals surface area contributed by atoms with Crippen LogP contribution in [0.2, 0.25) is 0 Å². The van der Waals surface area contributed by atoms with E-state index < -0.39 is 0 Å². The molecule has 0 aromatic rings. The van der Waals surface area contributed by atoms with Gasteiger partial charge >= 0.3 is 0 Å². The molecular formula is C16H38N2. The van der Waals surface area contributed by atoms with Crippen molar-refractivity contribution in [2.45, 2.75) is 86.7 Å². The Morgan fingerprint density at radius 2 is 1.39 bits per heavy atom. The molecule has 1 heterocycles. The molecule has 1 aliphatic carbocycles. The van der Waals surface area contributed by atoms with Gasteiger partial charge in [0.25, 0.3) is 0 Å². The summed E-state index contributed by atoms with van der Waals surface area (Å²) < 4.78 is 0. The predicted octanol–water partition coefficient (Wildman–Crippen LogP) is 4.29. The van der Waals surface area contributed by atoms with Crippen LogP contribution in [0.4, 0.5) is 0 Å². The summed E-state index contributed by atoms with van der Waals surface area (Å²) in [5.41, 5.74) is 6.60. The molecule has 0 radical (unpaired) electrons. The second kappa shape index (κ2) is 9.80. The third kappa shape index (κ3) is 5.27. The summed E-state index contributed by atoms with van der Waals surface area (Å²) in [5.74, 6) is 0. The summed E-state index contributed by atoms with van der Waals surface area (Å²) in [5, 5.41) is 0. The lowest BCUT2D eigenvalue weighted by Gasteiger charge is -2.55. The van der Waals surface area contributed by atoms with Crippen molar-refractivity contribution in [3.63, 3.8) is 0 Å². The van der Waals surface area contributed by atoms with Crippen LogP contribution in [0, 0.1) is 5.41 Å². The molecular weight excluding hydrogens is 220 g/mol. The Morgan fingerprint density at radius 1 is 1.00 bits per heavy atom. The normalized spacial score (nSPS) is 22.0. The monoisotopic (exact) mass is 258 g/mol. The maximum atomic E-state index is 5.92. The lowest BCUT2D eigenvalue weighted by Crippen LogP contribution is -2.60. The van der Waals surface area contributed by atoms with E-state index in [1.54, 1.807) is 0 Å². The number of hydrogen-bond acceptors (Lipinski definition) is 2. The van der Waals surface area contributed by atoms with Gasteiger partial charge in [-0.15, -0.1) is 0 Å². The molecule has 0 aromatic carbocycles. The topological polar surface area (TPSA) is 29.3 Å². The van der Waals surface area contributed by atoms with E-state index in [1.165, 1.54) is 38.8 Å². The Bertz CT molecular complexity index is 174. The van der Waals surface area contributed by atoms with Crippen LogP contribution in [0.15, 0.2) is 0 Å². The molecule has 1 spiro atoms. The minimum absolute atomic E-state index is 0. The zero-order valence-electron chi connectivity index (χ0n) is 12.9. The molecule has 1 saturated heterocycles. The van der Waals surface area contributed by atoms with Gasteiger partial charge in [-0.3, -0.25) is 4.90 Å². The number of hydrogen-bond donors (Lipinski definition) is 1. The van der Waals surface area contributed by atoms with Crippen LogP contribution in [0.5, 0.6) is 0 Å². The highest BCUT2D eigenvalue weighted by atomic mass is 15.2. The van der Waals surface area contributed by atoms with Crippen molar-refractivity contribution in [3.8, 4) is 0 Å². The Hall–Kier alpha value is -0.0800. The van der Waals surface area contributed by atoms with Gasteiger partial charge in [0.2, 0.25) is 0 Å². The maximum Gasteiger partial charge on any atom is 0.00532 e. The summed E-state index contributed by atoms with van der Waals surface area (Å²) in [6.45, 7) is 15.2. The van der Waals surface area contributed by atoms with Crippen LogP contribution < -0.4 is 5.73 Å². The van der Waals surface area contributed by atoms with Crippen molar-refractivity contribution in [2.24, 2.45) is 11.1 Å². The van der Waals surface area contributed by atoms with Gasteiger partial charge < -0.3 is 5.73 Å². The van der Waals surface area contributed by atoms with Gasteiger partial charge in [0.1, 0.15) is 0 Å². The minimum Gasteiger partial charge on any atom is -0.328 e. The second-order valence-corrected chi connectivity index (χ2v) is 5.34. The number of nitrogens with zero attached hydrogens (tertiary/aromatic N) is 1. The first-order chi connectivity index (χ1) is 8.11. The van der Waals surface area contributed by atoms with E-state index in [1.807, 2.05) is 27.7 Å². The van der Waals surface area contributed by atoms with Crippen molar-refractivity contribution in [1.82, 2.24) is 4.90 Å². The van der Waals surface area contributed by atoms with Crippen LogP contribution in [0.1, 0.15) is 74.7 Å². The van der Waals surface area contributed by atoms with Crippen LogP contribution in [0.25, 0.3) is 0 Å². The molecule has 2 nitrogen and oxygen atoms in total. The third-order valence-electron chi connectivity index (χ3n) is 3.90. The van der Waals surface area contributed by atoms with Crippen LogP contribution >= 0.6 is 0 Å². The highest BCUT2D eigenvalue weighted by Gasteiger charge is 2.44. The van der Waals surface area contributed by atoms with Gasteiger partial charge in [-0.25, -0.2) is 0 Å². The smallest absolute Gasteiger partial charge is 0.00532 e. The first-order valence-corrected chi connectivity index (χ1v) is 7.61. The first kappa shape index (κ1) is 20.2. The average Bonchev–Trinajstić information content (AvgIpc) is 2.32. The fraction of sp³-hybridized carbons (Fsp3) is 1.00. The van der Waals surface area contributed by atoms with Gasteiger partial charge in [0.15, 0.2) is 0 Å². The fourth-order valence-corrected chi connectivity index (χ4v) is 2.75. The largest absolute Gasteiger partial charge is 0.328 e. The van der Waals surface area contributed by atoms with E-state index in [0.717, 1.165) is 6.04 Å². The second-order valence-electron chi connectivity index (χ2n) is 5.34. The molecule has 0 atom stereocenters. The summed E-state index contributed by atoms with van der Waals surface area (Å²) in [6, 6.07) is 1.24. The molecule has 18 heavy (non-hydrogen) atoms. The van der Waals surface area contributed by atoms with E-state index in [0.29, 0.717) is 11.5 Å². The molecule has 2 N–H and O–H groups in total. The van der Waals surface area contributed by atoms with E-state index in [-0.39, 0.29) is 7.43 Å². The zero-order chi connectivity index (χ0) is 13.5. The van der Waals surface area contributed by atoms with Gasteiger partial charge in [-0.2, -0.15) is 0 Å². The average molecular weight is 258 g/mol. The van der Waals surface area contributed by atoms with Gasteiger partial charge in [-0.1, -0.05) is 35.1 Å². The van der Waals surface area contributed by atoms with E-state index in [9.17, 15) is 0 Å². The summed E-state index contributed by atoms with van der Waals surface area (Å²) in [4.78, 5) is 2.58. The SMILES string of the molecule is C.CC.CC.CC(C)N1CC2(CCC(N)CC2)C1. The molecule has 0 unspecified atom stereocenters. The molecule has 2 fully saturated rings. The van der Waals surface area contributed by atoms with Crippen molar-refractivity contribution in [3.05, 3.63) is 0 Å². The van der Waals surface area contributed by atoms with Crippen LogP contribution in [-0.4, -0.2) is 30.1 Å². The number of nitrogens with two attached hydrogens (primary N) is 1. The van der Waals surface area contributed by atoms with E-state index >= 15 is 0 Å². The lowest BCUT2D eigenvalue weighted by atomic mass is 9.67. The third-order valence-corrected chi connectivity index (χ3v) is 3.90. The summed E-state index contributed by atoms with van der Waals surface area (Å²) >= 11 is 0. The summed E-state index contributed by atoms with van der Waals surface area (Å²) in [6.07, 6.45) is 5.26. The Balaban J connectivity index is 0. The molecule has 0 aromatic heterocycles. The molecule has 1 aliphatic heterocycles. The number of likely N-dealkylation sites (tertiary alicyclic amines) is 1. The Morgan fingerprint density at radius 3 is 1.72 bits per heavy atom. The number of rotatable bonds is 1. The standard InChI is InChI=1S/C11H22N2.2C2H6.CH4/c1-9(2)13-7-11(8-13)5-3-10(12)4-6-11;2*1-2;/h9-10H,3-8,12H2,1-2H3;2*1-2H3;1H4. The minimum atomic E-state index is 0. The molecule has 2 rings (SSSR count). The molecule has 2 heteroatoms. The highest BCUT2D eigenvalue weighted by molar-refractivity contribution is 4.99. The first-order valence-electron chi connectivity index (χ1n) is 7.61. The molecule has 0 bridgehead atoms. The van der Waals surface area contributed by atoms with Crippen molar-refractivity contribution >= 4 is 0 Å². The van der Waals surface area contributed by atoms with Crippen molar-refractivity contribution < 1.29 is 0 Å². The highest BCUT2D eigenvalue weighted by Crippen LogP contribution is 2.44. The zero-order valence-corrected chi connectivity index (χ0v) is 12.9. The fourth-order valence-electron chi connectivity index (χ4n) is 2.75. The summed E-state index contributed by atoms with van der Waals surface area (Å²) in [7, 11) is 0. The van der Waals surface area contributed by atoms with Crippen LogP contribution in [-0.2, 0) is 0 Å². The van der Waals surface area contributed by atoms with Crippen molar-refractivity contribution in [1.29, 1.82) is 0 Å². The Kier molecular flexibility index (Phi) is 11.0. The molecule has 112 valence electrons. The van der Waals surface area contributed by atoms with Crippen molar-refractivity contribution in [2.75, 3.05) is 13.1 Å². The van der Waals surface area contributed by atoms with Crippen LogP contribution in [0.3, 0.4) is 0 Å². The van der Waals surface area contributed by atoms with E-state index in [4.69, 9.17) is 5.73 Å². The molecule has 0 amide bonds.